The highest BCUT2D eigenvalue weighted by Crippen LogP contribution is 2.36. The number of carbonyl (C=O) groups is 12. The Morgan fingerprint density at radius 2 is 0.786 bits per heavy atom. The first kappa shape index (κ1) is 59.6. The van der Waals surface area contributed by atoms with Crippen LogP contribution in [0.2, 0.25) is 0 Å². The minimum Gasteiger partial charge on any atom is -0.463 e. The van der Waals surface area contributed by atoms with Gasteiger partial charge in [-0.05, 0) is 0 Å². The van der Waals surface area contributed by atoms with Crippen LogP contribution in [0, 0.1) is 0 Å². The molecule has 70 heavy (non-hydrogen) atoms. The van der Waals surface area contributed by atoms with Crippen molar-refractivity contribution in [2.75, 3.05) is 26.4 Å². The Bertz CT molecular complexity index is 1920. The van der Waals surface area contributed by atoms with E-state index in [9.17, 15) is 57.5 Å². The van der Waals surface area contributed by atoms with Gasteiger partial charge in [0.2, 0.25) is 5.91 Å². The van der Waals surface area contributed by atoms with E-state index in [1.807, 2.05) is 0 Å². The van der Waals surface area contributed by atoms with Crippen LogP contribution >= 0.6 is 0 Å². The number of esters is 11. The maximum absolute atomic E-state index is 13.1. The van der Waals surface area contributed by atoms with Crippen LogP contribution in [0.5, 0.6) is 0 Å². The van der Waals surface area contributed by atoms with E-state index >= 15 is 0 Å². The van der Waals surface area contributed by atoms with Gasteiger partial charge in [-0.25, -0.2) is 0 Å². The number of hydrogen-bond donors (Lipinski definition) is 1. The van der Waals surface area contributed by atoms with Gasteiger partial charge < -0.3 is 76.4 Å². The highest BCUT2D eigenvalue weighted by atomic mass is 16.8. The van der Waals surface area contributed by atoms with Gasteiger partial charge in [0.15, 0.2) is 55.3 Å². The summed E-state index contributed by atoms with van der Waals surface area (Å²) in [5, 5.41) is 2.49. The molecule has 0 aromatic carbocycles. The minimum absolute atomic E-state index is 0.692. The number of rotatable bonds is 23. The summed E-state index contributed by atoms with van der Waals surface area (Å²) in [5.74, 6) is -11.8. The van der Waals surface area contributed by atoms with Crippen molar-refractivity contribution >= 4 is 71.6 Å². The second-order valence-corrected chi connectivity index (χ2v) is 15.4. The van der Waals surface area contributed by atoms with Crippen molar-refractivity contribution in [3.63, 3.8) is 0 Å². The molecule has 28 nitrogen and oxygen atoms in total. The molecule has 2 fully saturated rings. The van der Waals surface area contributed by atoms with Crippen LogP contribution in [0.4, 0.5) is 0 Å². The molecule has 28 heteroatoms. The summed E-state index contributed by atoms with van der Waals surface area (Å²) in [6.07, 6.45) is -24.6. The van der Waals surface area contributed by atoms with Gasteiger partial charge in [0, 0.05) is 83.1 Å². The number of ether oxygens (including phenoxy) is 15. The molecular formula is C42H59NO27. The van der Waals surface area contributed by atoms with E-state index in [-0.39, 0.29) is 0 Å². The first-order valence-corrected chi connectivity index (χ1v) is 21.2. The monoisotopic (exact) mass is 1010 g/mol. The van der Waals surface area contributed by atoms with Crippen molar-refractivity contribution in [3.05, 3.63) is 0 Å². The number of carbonyl (C=O) groups excluding carboxylic acids is 12. The summed E-state index contributed by atoms with van der Waals surface area (Å²) < 4.78 is 84.7. The highest BCUT2D eigenvalue weighted by Gasteiger charge is 2.58. The number of nitrogens with one attached hydrogen (secondary N) is 1. The van der Waals surface area contributed by atoms with Gasteiger partial charge in [-0.15, -0.1) is 0 Å². The molecule has 1 N–H and O–H groups in total. The van der Waals surface area contributed by atoms with Gasteiger partial charge in [-0.1, -0.05) is 0 Å². The van der Waals surface area contributed by atoms with Crippen LogP contribution in [0.1, 0.15) is 83.1 Å². The Morgan fingerprint density at radius 1 is 0.400 bits per heavy atom. The standard InChI is InChI=1S/C42H59NO27/c1-17(44)43-33-38(64-26(10)53)36(63-25(9)52)31(15-58-20(4)47)67-41(33)69-37-32(16-59-21(5)48)68-42(40(66-28(12)55)39(37)65-27(11)54)70-35(30(61-23(7)50)14-57-19(3)46)34(62-24(8)51)29(60-22(6)49)13-56-18(2)45/h29-42H,13-16H2,1-12H3,(H,43,44)/t29-,30+,31?,32?,33+,34+,35?,36-,37+,38?,39?,40-,41+,42-/m0/s1. The normalized spacial score (nSPS) is 25.5. The van der Waals surface area contributed by atoms with Gasteiger partial charge in [0.1, 0.15) is 56.9 Å². The maximum Gasteiger partial charge on any atom is 0.303 e. The van der Waals surface area contributed by atoms with Crippen molar-refractivity contribution in [1.82, 2.24) is 5.32 Å². The first-order chi connectivity index (χ1) is 32.6. The zero-order chi connectivity index (χ0) is 53.2. The third kappa shape index (κ3) is 20.2. The Labute approximate surface area is 400 Å². The Hall–Kier alpha value is -6.52. The van der Waals surface area contributed by atoms with Gasteiger partial charge in [0.25, 0.3) is 0 Å². The van der Waals surface area contributed by atoms with Crippen molar-refractivity contribution in [3.8, 4) is 0 Å². The lowest BCUT2D eigenvalue weighted by Crippen LogP contribution is -2.70. The molecule has 0 spiro atoms. The van der Waals surface area contributed by atoms with E-state index in [1.165, 1.54) is 0 Å². The van der Waals surface area contributed by atoms with Crippen molar-refractivity contribution in [2.24, 2.45) is 0 Å². The second-order valence-electron chi connectivity index (χ2n) is 15.4. The maximum atomic E-state index is 13.1. The lowest BCUT2D eigenvalue weighted by Gasteiger charge is -2.49. The predicted octanol–water partition coefficient (Wildman–Crippen LogP) is -1.51. The molecule has 0 radical (unpaired) electrons. The van der Waals surface area contributed by atoms with E-state index < -0.39 is 184 Å². The second kappa shape index (κ2) is 28.2. The highest BCUT2D eigenvalue weighted by molar-refractivity contribution is 5.74. The molecule has 0 aromatic heterocycles. The van der Waals surface area contributed by atoms with E-state index in [1.54, 1.807) is 0 Å². The van der Waals surface area contributed by atoms with Gasteiger partial charge in [-0.3, -0.25) is 57.5 Å². The van der Waals surface area contributed by atoms with Gasteiger partial charge in [0.05, 0.1) is 0 Å². The lowest BCUT2D eigenvalue weighted by atomic mass is 9.94. The lowest BCUT2D eigenvalue weighted by molar-refractivity contribution is -0.360. The van der Waals surface area contributed by atoms with Crippen LogP contribution in [0.25, 0.3) is 0 Å². The molecule has 2 heterocycles. The summed E-state index contributed by atoms with van der Waals surface area (Å²) in [5.41, 5.74) is 0. The molecule has 14 atom stereocenters. The van der Waals surface area contributed by atoms with Gasteiger partial charge in [-0.2, -0.15) is 0 Å². The molecule has 0 aromatic rings. The van der Waals surface area contributed by atoms with Crippen LogP contribution < -0.4 is 5.32 Å². The Morgan fingerprint density at radius 3 is 1.20 bits per heavy atom. The molecule has 2 rings (SSSR count). The zero-order valence-electron chi connectivity index (χ0n) is 40.4. The molecule has 0 saturated carbocycles. The fourth-order valence-corrected chi connectivity index (χ4v) is 6.99. The average molecular weight is 1010 g/mol. The summed E-state index contributed by atoms with van der Waals surface area (Å²) in [4.78, 5) is 150. The topological polar surface area (TPSA) is 355 Å². The molecule has 2 aliphatic heterocycles. The molecular weight excluding hydrogens is 950 g/mol. The fourth-order valence-electron chi connectivity index (χ4n) is 6.99. The molecule has 2 saturated heterocycles. The summed E-state index contributed by atoms with van der Waals surface area (Å²) >= 11 is 0. The van der Waals surface area contributed by atoms with Crippen LogP contribution in [-0.4, -0.2) is 184 Å². The van der Waals surface area contributed by atoms with Crippen LogP contribution in [0.15, 0.2) is 0 Å². The molecule has 0 bridgehead atoms. The van der Waals surface area contributed by atoms with E-state index in [2.05, 4.69) is 5.32 Å². The third-order valence-electron chi connectivity index (χ3n) is 9.19. The Balaban J connectivity index is 3.07. The predicted molar refractivity (Wildman–Crippen MR) is 220 cm³/mol. The van der Waals surface area contributed by atoms with E-state index in [0.717, 1.165) is 83.1 Å². The SMILES string of the molecule is CC(=O)N[C@@H]1C(OC(C)=O)[C@@H](OC(C)=O)C(COC(C)=O)O[C@@H]1O[C@@H]1C(COC(C)=O)O[C@@H](OC([C@@H](COC(C)=O)OC(C)=O)[C@H](OC(C)=O)[C@H](COC(C)=O)OC(C)=O)[C@@H](OC(C)=O)C1OC(C)=O. The Kier molecular flexibility index (Phi) is 24.0. The fraction of sp³-hybridized carbons (Fsp3) is 0.714. The molecule has 5 unspecified atom stereocenters. The molecule has 2 aliphatic rings. The minimum atomic E-state index is -2.18. The molecule has 394 valence electrons. The first-order valence-electron chi connectivity index (χ1n) is 21.2. The van der Waals surface area contributed by atoms with E-state index in [4.69, 9.17) is 71.1 Å². The largest absolute Gasteiger partial charge is 0.463 e. The summed E-state index contributed by atoms with van der Waals surface area (Å²) in [6, 6.07) is -1.66. The van der Waals surface area contributed by atoms with Crippen LogP contribution in [-0.2, 0) is 129 Å². The average Bonchev–Trinajstić information content (AvgIpc) is 3.20. The number of hydrogen-bond acceptors (Lipinski definition) is 27. The zero-order valence-corrected chi connectivity index (χ0v) is 40.4. The third-order valence-corrected chi connectivity index (χ3v) is 9.19. The van der Waals surface area contributed by atoms with Crippen LogP contribution in [0.3, 0.4) is 0 Å². The van der Waals surface area contributed by atoms with Crippen molar-refractivity contribution < 1.29 is 129 Å². The molecule has 1 amide bonds. The summed E-state index contributed by atoms with van der Waals surface area (Å²) in [6.45, 7) is 8.30. The molecule has 0 aliphatic carbocycles. The smallest absolute Gasteiger partial charge is 0.303 e. The quantitative estimate of drug-likeness (QED) is 0.0897. The van der Waals surface area contributed by atoms with Crippen molar-refractivity contribution in [1.29, 1.82) is 0 Å². The number of amides is 1. The van der Waals surface area contributed by atoms with Crippen molar-refractivity contribution in [2.45, 2.75) is 169 Å². The van der Waals surface area contributed by atoms with E-state index in [0.29, 0.717) is 0 Å². The van der Waals surface area contributed by atoms with Gasteiger partial charge >= 0.3 is 65.7 Å². The summed E-state index contributed by atoms with van der Waals surface area (Å²) in [7, 11) is 0.